The zero-order chi connectivity index (χ0) is 23.0. The average Bonchev–Trinajstić information content (AvgIpc) is 3.04. The van der Waals surface area contributed by atoms with Crippen molar-refractivity contribution in [2.75, 3.05) is 0 Å². The van der Waals surface area contributed by atoms with Crippen molar-refractivity contribution in [3.63, 3.8) is 0 Å². The Bertz CT molecular complexity index is 712. The molecule has 0 aliphatic heterocycles. The Morgan fingerprint density at radius 1 is 1.23 bits per heavy atom. The van der Waals surface area contributed by atoms with Crippen LogP contribution in [0.5, 0.6) is 0 Å². The van der Waals surface area contributed by atoms with Crippen LogP contribution in [0.3, 0.4) is 0 Å². The quantitative estimate of drug-likeness (QED) is 0.488. The summed E-state index contributed by atoms with van der Waals surface area (Å²) in [4.78, 5) is 0. The fourth-order valence-electron chi connectivity index (χ4n) is 6.91. The predicted octanol–water partition coefficient (Wildman–Crippen LogP) is 5.95. The SMILES string of the molecule is C=C1/C(=C\C=C2/CCC[C@]3(C)[C@@H]([C@@H](C)CCCC(C)(C)O)CC[C@@H]23)C[C@H](O)[C@H](C)[C@@H]1O. The number of aliphatic hydroxyl groups excluding tert-OH is 2. The Morgan fingerprint density at radius 3 is 2.61 bits per heavy atom. The second-order valence-corrected chi connectivity index (χ2v) is 11.8. The van der Waals surface area contributed by atoms with E-state index in [-0.39, 0.29) is 5.92 Å². The molecule has 0 bridgehead atoms. The fourth-order valence-corrected chi connectivity index (χ4v) is 6.91. The summed E-state index contributed by atoms with van der Waals surface area (Å²) in [5.74, 6) is 1.94. The molecule has 3 aliphatic rings. The maximum atomic E-state index is 10.4. The van der Waals surface area contributed by atoms with Gasteiger partial charge < -0.3 is 15.3 Å². The van der Waals surface area contributed by atoms with Crippen molar-refractivity contribution in [2.24, 2.45) is 29.1 Å². The number of rotatable bonds is 6. The molecular weight excluding hydrogens is 384 g/mol. The van der Waals surface area contributed by atoms with Crippen molar-refractivity contribution in [2.45, 2.75) is 110 Å². The minimum atomic E-state index is -0.648. The van der Waals surface area contributed by atoms with Crippen LogP contribution in [0.1, 0.15) is 92.4 Å². The maximum absolute atomic E-state index is 10.4. The van der Waals surface area contributed by atoms with Crippen molar-refractivity contribution < 1.29 is 15.3 Å². The van der Waals surface area contributed by atoms with Gasteiger partial charge in [-0.05, 0) is 93.1 Å². The first-order valence-electron chi connectivity index (χ1n) is 12.6. The van der Waals surface area contributed by atoms with Gasteiger partial charge in [-0.3, -0.25) is 0 Å². The molecule has 0 radical (unpaired) electrons. The van der Waals surface area contributed by atoms with E-state index in [2.05, 4.69) is 32.6 Å². The van der Waals surface area contributed by atoms with Crippen molar-refractivity contribution in [1.29, 1.82) is 0 Å². The van der Waals surface area contributed by atoms with Gasteiger partial charge >= 0.3 is 0 Å². The number of hydrogen-bond donors (Lipinski definition) is 3. The van der Waals surface area contributed by atoms with E-state index < -0.39 is 17.8 Å². The van der Waals surface area contributed by atoms with Gasteiger partial charge in [0.05, 0.1) is 17.8 Å². The van der Waals surface area contributed by atoms with Crippen LogP contribution in [0.2, 0.25) is 0 Å². The Morgan fingerprint density at radius 2 is 1.94 bits per heavy atom. The summed E-state index contributed by atoms with van der Waals surface area (Å²) < 4.78 is 0. The van der Waals surface area contributed by atoms with Crippen LogP contribution >= 0.6 is 0 Å². The Labute approximate surface area is 190 Å². The lowest BCUT2D eigenvalue weighted by atomic mass is 9.60. The van der Waals surface area contributed by atoms with E-state index in [0.29, 0.717) is 23.7 Å². The number of fused-ring (bicyclic) bond motifs is 1. The molecular formula is C28H46O3. The third-order valence-corrected chi connectivity index (χ3v) is 8.97. The van der Waals surface area contributed by atoms with Gasteiger partial charge in [-0.1, -0.05) is 57.9 Å². The molecule has 3 fully saturated rings. The third-order valence-electron chi connectivity index (χ3n) is 8.97. The van der Waals surface area contributed by atoms with E-state index in [1.54, 1.807) is 5.57 Å². The van der Waals surface area contributed by atoms with Crippen LogP contribution in [-0.4, -0.2) is 33.1 Å². The first kappa shape index (κ1) is 24.7. The van der Waals surface area contributed by atoms with Gasteiger partial charge in [0.25, 0.3) is 0 Å². The van der Waals surface area contributed by atoms with Gasteiger partial charge in [-0.25, -0.2) is 0 Å². The highest BCUT2D eigenvalue weighted by molar-refractivity contribution is 5.39. The van der Waals surface area contributed by atoms with E-state index in [9.17, 15) is 15.3 Å². The van der Waals surface area contributed by atoms with Crippen LogP contribution < -0.4 is 0 Å². The first-order chi connectivity index (χ1) is 14.4. The Balaban J connectivity index is 1.71. The van der Waals surface area contributed by atoms with E-state index in [1.165, 1.54) is 32.1 Å². The predicted molar refractivity (Wildman–Crippen MR) is 129 cm³/mol. The van der Waals surface area contributed by atoms with E-state index in [4.69, 9.17) is 0 Å². The Kier molecular flexibility index (Phi) is 7.61. The van der Waals surface area contributed by atoms with Gasteiger partial charge in [0.1, 0.15) is 0 Å². The van der Waals surface area contributed by atoms with E-state index in [0.717, 1.165) is 36.3 Å². The molecule has 0 unspecified atom stereocenters. The van der Waals surface area contributed by atoms with Crippen molar-refractivity contribution in [3.8, 4) is 0 Å². The first-order valence-corrected chi connectivity index (χ1v) is 12.6. The molecule has 0 amide bonds. The molecule has 7 atom stereocenters. The molecule has 3 aliphatic carbocycles. The molecule has 0 aromatic rings. The summed E-state index contributed by atoms with van der Waals surface area (Å²) in [5.41, 5.74) is 3.15. The summed E-state index contributed by atoms with van der Waals surface area (Å²) >= 11 is 0. The van der Waals surface area contributed by atoms with Gasteiger partial charge in [0, 0.05) is 5.92 Å². The summed E-state index contributed by atoms with van der Waals surface area (Å²) in [5, 5.41) is 30.7. The molecule has 3 heteroatoms. The van der Waals surface area contributed by atoms with Gasteiger partial charge in [-0.15, -0.1) is 0 Å². The third kappa shape index (κ3) is 5.37. The largest absolute Gasteiger partial charge is 0.392 e. The molecule has 3 saturated carbocycles. The van der Waals surface area contributed by atoms with Crippen molar-refractivity contribution >= 4 is 0 Å². The summed E-state index contributed by atoms with van der Waals surface area (Å²) in [7, 11) is 0. The number of aliphatic hydroxyl groups is 3. The van der Waals surface area contributed by atoms with Crippen LogP contribution in [0.4, 0.5) is 0 Å². The highest BCUT2D eigenvalue weighted by atomic mass is 16.3. The molecule has 3 rings (SSSR count). The van der Waals surface area contributed by atoms with Crippen LogP contribution in [0.15, 0.2) is 35.5 Å². The second kappa shape index (κ2) is 9.53. The Hall–Kier alpha value is -0.900. The highest BCUT2D eigenvalue weighted by Gasteiger charge is 2.50. The lowest BCUT2D eigenvalue weighted by molar-refractivity contribution is 0.0283. The van der Waals surface area contributed by atoms with Crippen molar-refractivity contribution in [1.82, 2.24) is 0 Å². The van der Waals surface area contributed by atoms with Crippen LogP contribution in [-0.2, 0) is 0 Å². The average molecular weight is 431 g/mol. The molecule has 3 nitrogen and oxygen atoms in total. The van der Waals surface area contributed by atoms with Gasteiger partial charge in [0.2, 0.25) is 0 Å². The zero-order valence-electron chi connectivity index (χ0n) is 20.5. The van der Waals surface area contributed by atoms with Crippen LogP contribution in [0, 0.1) is 29.1 Å². The molecule has 0 aromatic heterocycles. The summed E-state index contributed by atoms with van der Waals surface area (Å²) in [6.07, 6.45) is 13.4. The topological polar surface area (TPSA) is 60.7 Å². The molecule has 3 N–H and O–H groups in total. The molecule has 0 aromatic carbocycles. The van der Waals surface area contributed by atoms with Crippen molar-refractivity contribution in [3.05, 3.63) is 35.5 Å². The molecule has 0 spiro atoms. The molecule has 31 heavy (non-hydrogen) atoms. The minimum absolute atomic E-state index is 0.149. The van der Waals surface area contributed by atoms with Gasteiger partial charge in [-0.2, -0.15) is 0 Å². The minimum Gasteiger partial charge on any atom is -0.392 e. The highest BCUT2D eigenvalue weighted by Crippen LogP contribution is 2.60. The zero-order valence-corrected chi connectivity index (χ0v) is 20.5. The van der Waals surface area contributed by atoms with Crippen LogP contribution in [0.25, 0.3) is 0 Å². The second-order valence-electron chi connectivity index (χ2n) is 11.8. The van der Waals surface area contributed by atoms with E-state index >= 15 is 0 Å². The summed E-state index contributed by atoms with van der Waals surface area (Å²) in [6, 6.07) is 0. The summed E-state index contributed by atoms with van der Waals surface area (Å²) in [6.45, 7) is 14.8. The lowest BCUT2D eigenvalue weighted by Gasteiger charge is -2.44. The van der Waals surface area contributed by atoms with E-state index in [1.807, 2.05) is 20.8 Å². The molecule has 176 valence electrons. The molecule has 0 saturated heterocycles. The van der Waals surface area contributed by atoms with Gasteiger partial charge in [0.15, 0.2) is 0 Å². The monoisotopic (exact) mass is 430 g/mol. The fraction of sp³-hybridized carbons (Fsp3) is 0.786. The smallest absolute Gasteiger partial charge is 0.0837 e. The number of hydrogen-bond acceptors (Lipinski definition) is 3. The normalized spacial score (nSPS) is 40.4. The number of allylic oxidation sites excluding steroid dienone is 3. The maximum Gasteiger partial charge on any atom is 0.0837 e. The lowest BCUT2D eigenvalue weighted by Crippen LogP contribution is -2.36. The molecule has 0 heterocycles. The standard InChI is InChI=1S/C28H46O3/c1-18(9-7-15-27(4,5)31)23-13-14-24-21(10-8-16-28(23,24)6)11-12-22-17-25(29)20(3)26(30)19(22)2/h11-12,18,20,23-26,29-31H,2,7-10,13-17H2,1,3-6H3/b21-11+,22-12-/t18-,20-,23+,24-,25-,26+,28+/m0/s1.